The largest absolute Gasteiger partial charge is 0.508 e. The molecule has 158 valence electrons. The Hall–Kier alpha value is -1.50. The lowest BCUT2D eigenvalue weighted by atomic mass is 9.95. The van der Waals surface area contributed by atoms with Gasteiger partial charge in [0.1, 0.15) is 18.8 Å². The van der Waals surface area contributed by atoms with Gasteiger partial charge in [-0.2, -0.15) is 0 Å². The molecule has 1 saturated carbocycles. The van der Waals surface area contributed by atoms with Gasteiger partial charge in [0, 0.05) is 6.61 Å². The molecule has 0 saturated heterocycles. The summed E-state index contributed by atoms with van der Waals surface area (Å²) >= 11 is 0. The molecule has 3 atom stereocenters. The first-order valence-electron chi connectivity index (χ1n) is 10.4. The van der Waals surface area contributed by atoms with Gasteiger partial charge in [-0.15, -0.1) is 0 Å². The minimum Gasteiger partial charge on any atom is -0.450 e. The number of rotatable bonds is 13. The summed E-state index contributed by atoms with van der Waals surface area (Å²) in [4.78, 5) is 22.5. The van der Waals surface area contributed by atoms with E-state index in [1.165, 1.54) is 25.7 Å². The van der Waals surface area contributed by atoms with Crippen LogP contribution in [0.2, 0.25) is 0 Å². The van der Waals surface area contributed by atoms with Gasteiger partial charge in [-0.25, -0.2) is 9.59 Å². The zero-order valence-electron chi connectivity index (χ0n) is 16.8. The normalized spacial score (nSPS) is 20.7. The van der Waals surface area contributed by atoms with E-state index in [1.54, 1.807) is 0 Å². The maximum atomic E-state index is 11.8. The molecular formula is C20H36O7. The van der Waals surface area contributed by atoms with Gasteiger partial charge in [0.2, 0.25) is 0 Å². The second-order valence-electron chi connectivity index (χ2n) is 7.19. The minimum atomic E-state index is -1.35. The molecule has 7 heteroatoms. The van der Waals surface area contributed by atoms with Gasteiger partial charge in [-0.3, -0.25) is 0 Å². The van der Waals surface area contributed by atoms with E-state index in [4.69, 9.17) is 24.1 Å². The van der Waals surface area contributed by atoms with Gasteiger partial charge in [-0.1, -0.05) is 39.5 Å². The van der Waals surface area contributed by atoms with Gasteiger partial charge < -0.3 is 24.1 Å². The first kappa shape index (κ1) is 23.5. The van der Waals surface area contributed by atoms with Crippen molar-refractivity contribution in [1.29, 1.82) is 0 Å². The first-order valence-corrected chi connectivity index (χ1v) is 10.4. The standard InChI is InChI=1S/C20H36O7/c1-3-5-6-10-16(9-4-2)15-24-13-14-25-20(23)27-18-12-8-7-11-17(18)26-19(21)22/h16-18H,3-15H2,1-2H3,(H,21,22). The zero-order valence-corrected chi connectivity index (χ0v) is 16.8. The molecule has 1 N–H and O–H groups in total. The smallest absolute Gasteiger partial charge is 0.450 e. The highest BCUT2D eigenvalue weighted by molar-refractivity contribution is 5.60. The summed E-state index contributed by atoms with van der Waals surface area (Å²) in [6.45, 7) is 5.53. The van der Waals surface area contributed by atoms with Crippen molar-refractivity contribution in [1.82, 2.24) is 0 Å². The summed E-state index contributed by atoms with van der Waals surface area (Å²) < 4.78 is 20.7. The number of carbonyl (C=O) groups excluding carboxylic acids is 1. The van der Waals surface area contributed by atoms with Crippen LogP contribution in [0.25, 0.3) is 0 Å². The van der Waals surface area contributed by atoms with E-state index in [0.29, 0.717) is 32.0 Å². The molecular weight excluding hydrogens is 352 g/mol. The summed E-state index contributed by atoms with van der Waals surface area (Å²) in [6.07, 6.45) is 6.72. The molecule has 1 fully saturated rings. The van der Waals surface area contributed by atoms with Crippen molar-refractivity contribution in [3.63, 3.8) is 0 Å². The number of hydrogen-bond donors (Lipinski definition) is 1. The van der Waals surface area contributed by atoms with Crippen molar-refractivity contribution in [2.45, 2.75) is 90.3 Å². The van der Waals surface area contributed by atoms with E-state index in [2.05, 4.69) is 13.8 Å². The van der Waals surface area contributed by atoms with Crippen molar-refractivity contribution in [3.8, 4) is 0 Å². The van der Waals surface area contributed by atoms with E-state index in [-0.39, 0.29) is 6.61 Å². The summed E-state index contributed by atoms with van der Waals surface area (Å²) in [5.41, 5.74) is 0. The fourth-order valence-electron chi connectivity index (χ4n) is 3.46. The average Bonchev–Trinajstić information content (AvgIpc) is 2.63. The van der Waals surface area contributed by atoms with Gasteiger partial charge >= 0.3 is 12.3 Å². The van der Waals surface area contributed by atoms with Crippen LogP contribution in [0.1, 0.15) is 78.1 Å². The van der Waals surface area contributed by atoms with E-state index >= 15 is 0 Å². The molecule has 0 spiro atoms. The highest BCUT2D eigenvalue weighted by Gasteiger charge is 2.32. The lowest BCUT2D eigenvalue weighted by Gasteiger charge is -2.29. The molecule has 1 rings (SSSR count). The topological polar surface area (TPSA) is 91.3 Å². The summed E-state index contributed by atoms with van der Waals surface area (Å²) in [6, 6.07) is 0. The molecule has 0 aromatic rings. The Labute approximate surface area is 162 Å². The number of carboxylic acid groups (broad SMARTS) is 1. The van der Waals surface area contributed by atoms with Crippen LogP contribution in [0.5, 0.6) is 0 Å². The molecule has 0 heterocycles. The quantitative estimate of drug-likeness (QED) is 0.344. The Morgan fingerprint density at radius 1 is 0.963 bits per heavy atom. The average molecular weight is 389 g/mol. The third-order valence-electron chi connectivity index (χ3n) is 4.86. The Kier molecular flexibility index (Phi) is 12.7. The molecule has 0 aromatic heterocycles. The molecule has 1 aliphatic carbocycles. The zero-order chi connectivity index (χ0) is 19.9. The highest BCUT2D eigenvalue weighted by atomic mass is 16.7. The van der Waals surface area contributed by atoms with Crippen LogP contribution in [0.15, 0.2) is 0 Å². The van der Waals surface area contributed by atoms with Crippen molar-refractivity contribution in [2.24, 2.45) is 5.92 Å². The molecule has 0 bridgehead atoms. The molecule has 0 aliphatic heterocycles. The maximum absolute atomic E-state index is 11.8. The fourth-order valence-corrected chi connectivity index (χ4v) is 3.46. The van der Waals surface area contributed by atoms with Crippen molar-refractivity contribution >= 4 is 12.3 Å². The second kappa shape index (κ2) is 14.5. The van der Waals surface area contributed by atoms with Crippen LogP contribution in [0.3, 0.4) is 0 Å². The molecule has 3 unspecified atom stereocenters. The lowest BCUT2D eigenvalue weighted by molar-refractivity contribution is -0.0683. The molecule has 0 amide bonds. The van der Waals surface area contributed by atoms with Gasteiger partial charge in [0.25, 0.3) is 0 Å². The van der Waals surface area contributed by atoms with E-state index in [9.17, 15) is 9.59 Å². The number of ether oxygens (including phenoxy) is 4. The number of unbranched alkanes of at least 4 members (excludes halogenated alkanes) is 2. The molecule has 1 aliphatic rings. The molecule has 0 radical (unpaired) electrons. The number of hydrogen-bond acceptors (Lipinski definition) is 6. The van der Waals surface area contributed by atoms with Crippen LogP contribution in [0, 0.1) is 5.92 Å². The Balaban J connectivity index is 2.18. The van der Waals surface area contributed by atoms with E-state index in [1.807, 2.05) is 0 Å². The van der Waals surface area contributed by atoms with Crippen LogP contribution in [0.4, 0.5) is 9.59 Å². The lowest BCUT2D eigenvalue weighted by Crippen LogP contribution is -2.37. The third-order valence-corrected chi connectivity index (χ3v) is 4.86. The second-order valence-corrected chi connectivity index (χ2v) is 7.19. The Bertz CT molecular complexity index is 413. The third kappa shape index (κ3) is 11.1. The predicted molar refractivity (Wildman–Crippen MR) is 101 cm³/mol. The highest BCUT2D eigenvalue weighted by Crippen LogP contribution is 2.24. The summed E-state index contributed by atoms with van der Waals surface area (Å²) in [5, 5.41) is 8.76. The summed E-state index contributed by atoms with van der Waals surface area (Å²) in [5.74, 6) is 0.560. The maximum Gasteiger partial charge on any atom is 0.508 e. The first-order chi connectivity index (χ1) is 13.1. The SMILES string of the molecule is CCCCCC(CCC)COCCOC(=O)OC1CCCCC1OC(=O)O. The van der Waals surface area contributed by atoms with Crippen LogP contribution in [-0.4, -0.2) is 49.4 Å². The fraction of sp³-hybridized carbons (Fsp3) is 0.900. The monoisotopic (exact) mass is 388 g/mol. The van der Waals surface area contributed by atoms with E-state index in [0.717, 1.165) is 25.7 Å². The Morgan fingerprint density at radius 2 is 1.67 bits per heavy atom. The van der Waals surface area contributed by atoms with Crippen molar-refractivity contribution < 1.29 is 33.6 Å². The van der Waals surface area contributed by atoms with Crippen LogP contribution >= 0.6 is 0 Å². The summed E-state index contributed by atoms with van der Waals surface area (Å²) in [7, 11) is 0. The van der Waals surface area contributed by atoms with Gasteiger partial charge in [0.15, 0.2) is 0 Å². The van der Waals surface area contributed by atoms with E-state index < -0.39 is 24.5 Å². The van der Waals surface area contributed by atoms with Crippen molar-refractivity contribution in [2.75, 3.05) is 19.8 Å². The number of carbonyl (C=O) groups is 2. The van der Waals surface area contributed by atoms with Gasteiger partial charge in [0.05, 0.1) is 6.61 Å². The molecule has 7 nitrogen and oxygen atoms in total. The molecule has 27 heavy (non-hydrogen) atoms. The van der Waals surface area contributed by atoms with Crippen molar-refractivity contribution in [3.05, 3.63) is 0 Å². The minimum absolute atomic E-state index is 0.129. The van der Waals surface area contributed by atoms with Gasteiger partial charge in [-0.05, 0) is 44.4 Å². The predicted octanol–water partition coefficient (Wildman–Crippen LogP) is 5.16. The Morgan fingerprint density at radius 3 is 2.30 bits per heavy atom. The molecule has 0 aromatic carbocycles. The van der Waals surface area contributed by atoms with Crippen LogP contribution in [-0.2, 0) is 18.9 Å². The van der Waals surface area contributed by atoms with Crippen LogP contribution < -0.4 is 0 Å².